The highest BCUT2D eigenvalue weighted by Crippen LogP contribution is 2.30. The third kappa shape index (κ3) is 3.82. The van der Waals surface area contributed by atoms with Gasteiger partial charge in [-0.25, -0.2) is 4.79 Å². The number of aromatic nitrogens is 1. The van der Waals surface area contributed by atoms with Crippen LogP contribution in [0.1, 0.15) is 28.7 Å². The lowest BCUT2D eigenvalue weighted by molar-refractivity contribution is -0.128. The number of rotatable bonds is 4. The van der Waals surface area contributed by atoms with Crippen molar-refractivity contribution in [1.82, 2.24) is 4.57 Å². The summed E-state index contributed by atoms with van der Waals surface area (Å²) < 4.78 is 7.48. The van der Waals surface area contributed by atoms with E-state index in [4.69, 9.17) is 4.74 Å². The smallest absolute Gasteiger partial charge is 0.340 e. The summed E-state index contributed by atoms with van der Waals surface area (Å²) >= 11 is 0. The Kier molecular flexibility index (Phi) is 5.33. The molecule has 4 rings (SSSR count). The Hall–Kier alpha value is -3.87. The van der Waals surface area contributed by atoms with E-state index in [-0.39, 0.29) is 12.5 Å². The third-order valence-corrected chi connectivity index (χ3v) is 5.33. The fourth-order valence-electron chi connectivity index (χ4n) is 3.87. The van der Waals surface area contributed by atoms with Gasteiger partial charge in [-0.3, -0.25) is 14.5 Å². The zero-order chi connectivity index (χ0) is 22.1. The van der Waals surface area contributed by atoms with Crippen LogP contribution in [-0.2, 0) is 14.3 Å². The van der Waals surface area contributed by atoms with Gasteiger partial charge in [-0.05, 0) is 51.1 Å². The van der Waals surface area contributed by atoms with Crippen molar-refractivity contribution in [2.24, 2.45) is 0 Å². The molecule has 7 nitrogen and oxygen atoms in total. The maximum Gasteiger partial charge on any atom is 0.340 e. The van der Waals surface area contributed by atoms with E-state index in [1.807, 2.05) is 48.7 Å². The normalized spacial score (nSPS) is 13.9. The first-order chi connectivity index (χ1) is 14.9. The highest BCUT2D eigenvalue weighted by Gasteiger charge is 2.32. The Morgan fingerprint density at radius 2 is 1.71 bits per heavy atom. The minimum Gasteiger partial charge on any atom is -0.449 e. The van der Waals surface area contributed by atoms with Gasteiger partial charge in [0.2, 0.25) is 5.91 Å². The van der Waals surface area contributed by atoms with Crippen molar-refractivity contribution >= 4 is 29.2 Å². The first-order valence-electron chi connectivity index (χ1n) is 10.0. The highest BCUT2D eigenvalue weighted by atomic mass is 16.5. The molecule has 158 valence electrons. The Bertz CT molecular complexity index is 1170. The fraction of sp³-hybridized carbons (Fsp3) is 0.208. The lowest BCUT2D eigenvalue weighted by Gasteiger charge is -2.30. The topological polar surface area (TPSA) is 80.6 Å². The van der Waals surface area contributed by atoms with E-state index in [0.29, 0.717) is 16.9 Å². The molecule has 2 amide bonds. The Labute approximate surface area is 180 Å². The molecule has 1 aliphatic heterocycles. The summed E-state index contributed by atoms with van der Waals surface area (Å²) in [5, 5.41) is 2.74. The van der Waals surface area contributed by atoms with Crippen LogP contribution in [0.2, 0.25) is 0 Å². The number of carbonyl (C=O) groups is 3. The Morgan fingerprint density at radius 1 is 1.03 bits per heavy atom. The summed E-state index contributed by atoms with van der Waals surface area (Å²) in [7, 11) is 0. The molecule has 0 fully saturated rings. The van der Waals surface area contributed by atoms with Crippen LogP contribution in [0, 0.1) is 13.8 Å². The molecule has 0 saturated carbocycles. The molecule has 7 heteroatoms. The zero-order valence-electron chi connectivity index (χ0n) is 17.6. The maximum absolute atomic E-state index is 13.0. The number of para-hydroxylation sites is 3. The number of anilines is 2. The van der Waals surface area contributed by atoms with E-state index >= 15 is 0 Å². The number of nitrogens with zero attached hydrogens (tertiary/aromatic N) is 2. The first kappa shape index (κ1) is 20.4. The van der Waals surface area contributed by atoms with Gasteiger partial charge in [0.1, 0.15) is 6.54 Å². The molecule has 0 bridgehead atoms. The summed E-state index contributed by atoms with van der Waals surface area (Å²) in [5.41, 5.74) is 4.09. The molecular formula is C24H23N3O4. The third-order valence-electron chi connectivity index (χ3n) is 5.33. The summed E-state index contributed by atoms with van der Waals surface area (Å²) in [6.07, 6.45) is -1.05. The quantitative estimate of drug-likeness (QED) is 0.658. The number of benzene rings is 2. The van der Waals surface area contributed by atoms with Crippen LogP contribution in [0.4, 0.5) is 11.4 Å². The molecular weight excluding hydrogens is 394 g/mol. The summed E-state index contributed by atoms with van der Waals surface area (Å²) in [6.45, 7) is 5.15. The van der Waals surface area contributed by atoms with Crippen molar-refractivity contribution in [1.29, 1.82) is 0 Å². The van der Waals surface area contributed by atoms with E-state index in [1.54, 1.807) is 30.3 Å². The van der Waals surface area contributed by atoms with Gasteiger partial charge >= 0.3 is 5.97 Å². The lowest BCUT2D eigenvalue weighted by Crippen LogP contribution is -2.47. The number of carbonyl (C=O) groups excluding carboxylic acids is 3. The summed E-state index contributed by atoms with van der Waals surface area (Å²) in [4.78, 5) is 39.3. The largest absolute Gasteiger partial charge is 0.449 e. The van der Waals surface area contributed by atoms with Gasteiger partial charge in [-0.2, -0.15) is 0 Å². The summed E-state index contributed by atoms with van der Waals surface area (Å²) in [6, 6.07) is 18.5. The van der Waals surface area contributed by atoms with Crippen LogP contribution in [0.25, 0.3) is 5.69 Å². The average Bonchev–Trinajstić information content (AvgIpc) is 3.07. The van der Waals surface area contributed by atoms with Crippen LogP contribution < -0.4 is 10.2 Å². The van der Waals surface area contributed by atoms with E-state index in [1.165, 1.54) is 11.8 Å². The second-order valence-electron chi connectivity index (χ2n) is 7.49. The van der Waals surface area contributed by atoms with E-state index in [9.17, 15) is 14.4 Å². The second-order valence-corrected chi connectivity index (χ2v) is 7.49. The predicted octanol–water partition coefficient (Wildman–Crippen LogP) is 3.62. The van der Waals surface area contributed by atoms with E-state index in [2.05, 4.69) is 5.32 Å². The van der Waals surface area contributed by atoms with Crippen molar-refractivity contribution in [3.63, 3.8) is 0 Å². The predicted molar refractivity (Wildman–Crippen MR) is 118 cm³/mol. The average molecular weight is 417 g/mol. The molecule has 0 spiro atoms. The van der Waals surface area contributed by atoms with Crippen LogP contribution in [0.15, 0.2) is 60.7 Å². The zero-order valence-corrected chi connectivity index (χ0v) is 17.6. The number of aryl methyl sites for hydroxylation is 1. The monoisotopic (exact) mass is 417 g/mol. The molecule has 31 heavy (non-hydrogen) atoms. The standard InChI is InChI=1S/C24H23N3O4/c1-15-13-19(16(2)27(15)18-9-5-4-6-10-18)24(30)31-17(3)23(29)26-14-22(28)25-20-11-7-8-12-21(20)26/h4-13,17H,14H2,1-3H3,(H,25,28)/t17-/m0/s1. The van der Waals surface area contributed by atoms with Gasteiger partial charge in [-0.1, -0.05) is 30.3 Å². The van der Waals surface area contributed by atoms with Gasteiger partial charge in [0.25, 0.3) is 5.91 Å². The molecule has 1 aliphatic rings. The Morgan fingerprint density at radius 3 is 2.45 bits per heavy atom. The van der Waals surface area contributed by atoms with E-state index in [0.717, 1.165) is 17.1 Å². The number of amides is 2. The first-order valence-corrected chi connectivity index (χ1v) is 10.0. The van der Waals surface area contributed by atoms with Gasteiger partial charge in [0.15, 0.2) is 6.10 Å². The van der Waals surface area contributed by atoms with Crippen molar-refractivity contribution in [3.05, 3.63) is 77.6 Å². The van der Waals surface area contributed by atoms with Crippen molar-refractivity contribution in [3.8, 4) is 5.69 Å². The van der Waals surface area contributed by atoms with Crippen LogP contribution >= 0.6 is 0 Å². The van der Waals surface area contributed by atoms with Gasteiger partial charge in [0.05, 0.1) is 16.9 Å². The fourth-order valence-corrected chi connectivity index (χ4v) is 3.87. The SMILES string of the molecule is Cc1cc(C(=O)O[C@@H](C)C(=O)N2CC(=O)Nc3ccccc32)c(C)n1-c1ccccc1. The number of hydrogen-bond acceptors (Lipinski definition) is 4. The molecule has 2 heterocycles. The minimum atomic E-state index is -1.05. The molecule has 1 N–H and O–H groups in total. The van der Waals surface area contributed by atoms with Gasteiger partial charge < -0.3 is 14.6 Å². The molecule has 0 radical (unpaired) electrons. The molecule has 2 aromatic carbocycles. The van der Waals surface area contributed by atoms with Crippen molar-refractivity contribution in [2.75, 3.05) is 16.8 Å². The molecule has 0 aliphatic carbocycles. The highest BCUT2D eigenvalue weighted by molar-refractivity contribution is 6.11. The Balaban J connectivity index is 1.55. The summed E-state index contributed by atoms with van der Waals surface area (Å²) in [5.74, 6) is -1.32. The number of fused-ring (bicyclic) bond motifs is 1. The molecule has 0 unspecified atom stereocenters. The van der Waals surface area contributed by atoms with Crippen LogP contribution in [-0.4, -0.2) is 35.0 Å². The maximum atomic E-state index is 13.0. The van der Waals surface area contributed by atoms with Crippen LogP contribution in [0.5, 0.6) is 0 Å². The molecule has 1 aromatic heterocycles. The minimum absolute atomic E-state index is 0.125. The van der Waals surface area contributed by atoms with E-state index < -0.39 is 18.0 Å². The van der Waals surface area contributed by atoms with Crippen molar-refractivity contribution < 1.29 is 19.1 Å². The van der Waals surface area contributed by atoms with Crippen LogP contribution in [0.3, 0.4) is 0 Å². The van der Waals surface area contributed by atoms with Gasteiger partial charge in [0, 0.05) is 17.1 Å². The number of esters is 1. The number of ether oxygens (including phenoxy) is 1. The molecule has 3 aromatic rings. The lowest BCUT2D eigenvalue weighted by atomic mass is 10.1. The molecule has 1 atom stereocenters. The number of hydrogen-bond donors (Lipinski definition) is 1. The van der Waals surface area contributed by atoms with Crippen molar-refractivity contribution in [2.45, 2.75) is 26.9 Å². The second kappa shape index (κ2) is 8.10. The van der Waals surface area contributed by atoms with Gasteiger partial charge in [-0.15, -0.1) is 0 Å². The molecule has 0 saturated heterocycles. The number of nitrogens with one attached hydrogen (secondary N) is 1.